The van der Waals surface area contributed by atoms with Crippen molar-refractivity contribution in [2.45, 2.75) is 25.8 Å². The first-order chi connectivity index (χ1) is 13.2. The number of anilines is 1. The molecule has 0 radical (unpaired) electrons. The average molecular weight is 401 g/mol. The fraction of sp³-hybridized carbons (Fsp3) is 0.400. The Balaban J connectivity index is 1.31. The number of aromatic nitrogens is 2. The van der Waals surface area contributed by atoms with Gasteiger partial charge in [-0.15, -0.1) is 11.3 Å². The Bertz CT molecular complexity index is 1050. The maximum atomic E-state index is 12.6. The van der Waals surface area contributed by atoms with Crippen molar-refractivity contribution in [1.29, 1.82) is 0 Å². The summed E-state index contributed by atoms with van der Waals surface area (Å²) in [4.78, 5) is 27.3. The van der Waals surface area contributed by atoms with Gasteiger partial charge in [-0.1, -0.05) is 23.7 Å². The summed E-state index contributed by atoms with van der Waals surface area (Å²) in [5.41, 5.74) is 2.37. The van der Waals surface area contributed by atoms with E-state index in [0.717, 1.165) is 72.2 Å². The van der Waals surface area contributed by atoms with Crippen LogP contribution in [0.5, 0.6) is 0 Å². The van der Waals surface area contributed by atoms with Crippen LogP contribution in [0.3, 0.4) is 0 Å². The van der Waals surface area contributed by atoms with Gasteiger partial charge in [0.2, 0.25) is 0 Å². The molecule has 5 nitrogen and oxygen atoms in total. The highest BCUT2D eigenvalue weighted by Gasteiger charge is 2.23. The third-order valence-electron chi connectivity index (χ3n) is 5.56. The number of H-pyrrole nitrogens is 1. The van der Waals surface area contributed by atoms with Gasteiger partial charge < -0.3 is 9.88 Å². The monoisotopic (exact) mass is 400 g/mol. The molecule has 27 heavy (non-hydrogen) atoms. The van der Waals surface area contributed by atoms with Gasteiger partial charge in [0.25, 0.3) is 5.56 Å². The van der Waals surface area contributed by atoms with Crippen molar-refractivity contribution >= 4 is 38.8 Å². The molecule has 5 rings (SSSR count). The van der Waals surface area contributed by atoms with E-state index in [9.17, 15) is 4.79 Å². The maximum absolute atomic E-state index is 12.6. The number of halogens is 1. The molecule has 140 valence electrons. The lowest BCUT2D eigenvalue weighted by Crippen LogP contribution is -2.46. The van der Waals surface area contributed by atoms with E-state index in [1.165, 1.54) is 10.4 Å². The minimum absolute atomic E-state index is 0.0316. The molecule has 0 atom stereocenters. The molecular formula is C20H21ClN4OS. The molecule has 1 N–H and O–H groups in total. The molecule has 3 heterocycles. The third kappa shape index (κ3) is 3.16. The zero-order valence-corrected chi connectivity index (χ0v) is 16.6. The molecule has 3 aromatic rings. The smallest absolute Gasteiger partial charge is 0.259 e. The van der Waals surface area contributed by atoms with E-state index in [2.05, 4.69) is 20.9 Å². The van der Waals surface area contributed by atoms with Gasteiger partial charge in [0.15, 0.2) is 0 Å². The second-order valence-corrected chi connectivity index (χ2v) is 8.76. The van der Waals surface area contributed by atoms with Crippen LogP contribution in [-0.2, 0) is 19.4 Å². The van der Waals surface area contributed by atoms with Crippen LogP contribution in [-0.4, -0.2) is 41.0 Å². The molecular weight excluding hydrogens is 380 g/mol. The number of fused-ring (bicyclic) bond motifs is 3. The zero-order chi connectivity index (χ0) is 18.4. The summed E-state index contributed by atoms with van der Waals surface area (Å²) >= 11 is 8.03. The first-order valence-corrected chi connectivity index (χ1v) is 10.6. The standard InChI is InChI=1S/C20H21ClN4OS/c21-14-5-1-2-6-15(14)25-10-8-24(9-11-25)12-17-22-19(26)18-13-4-3-7-16(13)27-20(18)23-17/h1-2,5-6H,3-4,7-12H2,(H,22,23,26). The SMILES string of the molecule is O=c1[nH]c(CN2CCN(c3ccccc3Cl)CC2)nc2sc3c(c12)CCC3. The van der Waals surface area contributed by atoms with Gasteiger partial charge in [-0.2, -0.15) is 0 Å². The Labute approximate surface area is 166 Å². The first-order valence-electron chi connectivity index (χ1n) is 9.44. The molecule has 0 amide bonds. The van der Waals surface area contributed by atoms with E-state index >= 15 is 0 Å². The highest BCUT2D eigenvalue weighted by Crippen LogP contribution is 2.34. The van der Waals surface area contributed by atoms with Crippen molar-refractivity contribution in [2.75, 3.05) is 31.1 Å². The van der Waals surface area contributed by atoms with Crippen LogP contribution in [0.1, 0.15) is 22.7 Å². The number of aryl methyl sites for hydroxylation is 2. The van der Waals surface area contributed by atoms with Gasteiger partial charge in [0.1, 0.15) is 10.7 Å². The molecule has 1 fully saturated rings. The molecule has 1 aliphatic heterocycles. The largest absolute Gasteiger partial charge is 0.368 e. The van der Waals surface area contributed by atoms with Crippen LogP contribution < -0.4 is 10.5 Å². The second-order valence-electron chi connectivity index (χ2n) is 7.26. The number of nitrogens with zero attached hydrogens (tertiary/aromatic N) is 3. The van der Waals surface area contributed by atoms with Crippen LogP contribution in [0.25, 0.3) is 10.2 Å². The molecule has 0 unspecified atom stereocenters. The predicted molar refractivity (Wildman–Crippen MR) is 111 cm³/mol. The quantitative estimate of drug-likeness (QED) is 0.731. The van der Waals surface area contributed by atoms with Gasteiger partial charge in [-0.05, 0) is 37.0 Å². The highest BCUT2D eigenvalue weighted by atomic mass is 35.5. The molecule has 7 heteroatoms. The van der Waals surface area contributed by atoms with E-state index < -0.39 is 0 Å². The predicted octanol–water partition coefficient (Wildman–Crippen LogP) is 3.45. The molecule has 0 spiro atoms. The number of para-hydroxylation sites is 1. The number of hydrogen-bond acceptors (Lipinski definition) is 5. The normalized spacial score (nSPS) is 17.6. The minimum Gasteiger partial charge on any atom is -0.368 e. The molecule has 2 aromatic heterocycles. The molecule has 1 aromatic carbocycles. The Morgan fingerprint density at radius 3 is 2.78 bits per heavy atom. The number of thiophene rings is 1. The van der Waals surface area contributed by atoms with Gasteiger partial charge in [0.05, 0.1) is 22.6 Å². The Morgan fingerprint density at radius 1 is 1.15 bits per heavy atom. The molecule has 1 aliphatic carbocycles. The second kappa shape index (κ2) is 6.93. The summed E-state index contributed by atoms with van der Waals surface area (Å²) in [7, 11) is 0. The van der Waals surface area contributed by atoms with Crippen molar-refractivity contribution in [2.24, 2.45) is 0 Å². The Hall–Kier alpha value is -1.89. The van der Waals surface area contributed by atoms with Crippen molar-refractivity contribution in [3.8, 4) is 0 Å². The molecule has 2 aliphatic rings. The number of rotatable bonds is 3. The van der Waals surface area contributed by atoms with Crippen LogP contribution in [0, 0.1) is 0 Å². The van der Waals surface area contributed by atoms with Gasteiger partial charge in [-0.25, -0.2) is 4.98 Å². The fourth-order valence-electron chi connectivity index (χ4n) is 4.19. The van der Waals surface area contributed by atoms with E-state index in [1.54, 1.807) is 11.3 Å². The topological polar surface area (TPSA) is 52.2 Å². The maximum Gasteiger partial charge on any atom is 0.259 e. The lowest BCUT2D eigenvalue weighted by Gasteiger charge is -2.36. The van der Waals surface area contributed by atoms with Crippen LogP contribution in [0.15, 0.2) is 29.1 Å². The highest BCUT2D eigenvalue weighted by molar-refractivity contribution is 7.18. The van der Waals surface area contributed by atoms with Crippen molar-refractivity contribution in [3.05, 3.63) is 55.9 Å². The van der Waals surface area contributed by atoms with Crippen molar-refractivity contribution in [3.63, 3.8) is 0 Å². The molecule has 0 saturated carbocycles. The Kier molecular flexibility index (Phi) is 4.42. The van der Waals surface area contributed by atoms with Crippen LogP contribution in [0.4, 0.5) is 5.69 Å². The van der Waals surface area contributed by atoms with Crippen LogP contribution in [0.2, 0.25) is 5.02 Å². The minimum atomic E-state index is 0.0316. The number of nitrogens with one attached hydrogen (secondary N) is 1. The summed E-state index contributed by atoms with van der Waals surface area (Å²) in [6, 6.07) is 7.99. The average Bonchev–Trinajstić information content (AvgIpc) is 3.23. The lowest BCUT2D eigenvalue weighted by molar-refractivity contribution is 0.244. The summed E-state index contributed by atoms with van der Waals surface area (Å²) < 4.78 is 0. The van der Waals surface area contributed by atoms with E-state index in [1.807, 2.05) is 18.2 Å². The number of piperazine rings is 1. The van der Waals surface area contributed by atoms with E-state index in [4.69, 9.17) is 16.6 Å². The number of benzene rings is 1. The number of hydrogen-bond donors (Lipinski definition) is 1. The fourth-order valence-corrected chi connectivity index (χ4v) is 5.72. The molecule has 1 saturated heterocycles. The first kappa shape index (κ1) is 17.2. The summed E-state index contributed by atoms with van der Waals surface area (Å²) in [5, 5.41) is 1.63. The third-order valence-corrected chi connectivity index (χ3v) is 7.07. The van der Waals surface area contributed by atoms with Gasteiger partial charge in [-0.3, -0.25) is 9.69 Å². The van der Waals surface area contributed by atoms with E-state index in [-0.39, 0.29) is 5.56 Å². The number of aromatic amines is 1. The lowest BCUT2D eigenvalue weighted by atomic mass is 10.2. The van der Waals surface area contributed by atoms with Gasteiger partial charge >= 0.3 is 0 Å². The summed E-state index contributed by atoms with van der Waals surface area (Å²) in [6.45, 7) is 4.37. The molecule has 0 bridgehead atoms. The zero-order valence-electron chi connectivity index (χ0n) is 15.0. The van der Waals surface area contributed by atoms with Gasteiger partial charge in [0, 0.05) is 31.1 Å². The van der Waals surface area contributed by atoms with Crippen molar-refractivity contribution < 1.29 is 0 Å². The van der Waals surface area contributed by atoms with Crippen LogP contribution >= 0.6 is 22.9 Å². The van der Waals surface area contributed by atoms with Crippen molar-refractivity contribution in [1.82, 2.24) is 14.9 Å². The summed E-state index contributed by atoms with van der Waals surface area (Å²) in [5.74, 6) is 0.776. The van der Waals surface area contributed by atoms with E-state index in [0.29, 0.717) is 6.54 Å². The summed E-state index contributed by atoms with van der Waals surface area (Å²) in [6.07, 6.45) is 3.27. The Morgan fingerprint density at radius 2 is 1.96 bits per heavy atom.